The van der Waals surface area contributed by atoms with E-state index >= 15 is 0 Å². The highest BCUT2D eigenvalue weighted by Gasteiger charge is 2.24. The molecule has 0 aromatic carbocycles. The van der Waals surface area contributed by atoms with Crippen molar-refractivity contribution < 1.29 is 4.79 Å². The van der Waals surface area contributed by atoms with Crippen LogP contribution in [0.1, 0.15) is 25.7 Å². The average Bonchev–Trinajstić information content (AvgIpc) is 2.41. The molecular formula is C13H25N3OS. The molecule has 0 atom stereocenters. The molecule has 2 saturated heterocycles. The number of carbonyl (C=O) groups excluding carboxylic acids is 1. The summed E-state index contributed by atoms with van der Waals surface area (Å²) >= 11 is 1.93. The predicted octanol–water partition coefficient (Wildman–Crippen LogP) is 0.764. The number of amides is 1. The number of hydrogen-bond donors (Lipinski definition) is 1. The number of hydrogen-bond acceptors (Lipinski definition) is 4. The summed E-state index contributed by atoms with van der Waals surface area (Å²) in [6.45, 7) is 4.44. The maximum Gasteiger partial charge on any atom is 0.236 e. The molecule has 0 bridgehead atoms. The summed E-state index contributed by atoms with van der Waals surface area (Å²) < 4.78 is 0. The van der Waals surface area contributed by atoms with Crippen LogP contribution in [0, 0.1) is 0 Å². The third-order valence-corrected chi connectivity index (χ3v) is 5.26. The van der Waals surface area contributed by atoms with Gasteiger partial charge in [-0.1, -0.05) is 0 Å². The van der Waals surface area contributed by atoms with Gasteiger partial charge < -0.3 is 10.6 Å². The monoisotopic (exact) mass is 271 g/mol. The minimum atomic E-state index is 0.310. The molecule has 2 aliphatic rings. The van der Waals surface area contributed by atoms with E-state index in [1.165, 1.54) is 0 Å². The first-order valence-corrected chi connectivity index (χ1v) is 8.26. The fourth-order valence-corrected chi connectivity index (χ4v) is 3.43. The van der Waals surface area contributed by atoms with Gasteiger partial charge in [-0.15, -0.1) is 0 Å². The first-order chi connectivity index (χ1) is 8.69. The quantitative estimate of drug-likeness (QED) is 0.823. The Labute approximate surface area is 114 Å². The van der Waals surface area contributed by atoms with Crippen molar-refractivity contribution in [1.82, 2.24) is 9.80 Å². The first kappa shape index (κ1) is 14.2. The number of nitrogens with zero attached hydrogens (tertiary/aromatic N) is 2. The molecule has 2 heterocycles. The lowest BCUT2D eigenvalue weighted by atomic mass is 10.1. The van der Waals surface area contributed by atoms with Crippen molar-refractivity contribution in [2.75, 3.05) is 39.0 Å². The second-order valence-corrected chi connectivity index (χ2v) is 6.57. The third kappa shape index (κ3) is 3.87. The number of rotatable bonds is 3. The van der Waals surface area contributed by atoms with E-state index in [-0.39, 0.29) is 0 Å². The van der Waals surface area contributed by atoms with Gasteiger partial charge in [0.1, 0.15) is 0 Å². The van der Waals surface area contributed by atoms with Crippen molar-refractivity contribution in [3.8, 4) is 0 Å². The van der Waals surface area contributed by atoms with Gasteiger partial charge >= 0.3 is 0 Å². The number of nitrogens with two attached hydrogens (primary N) is 1. The maximum absolute atomic E-state index is 12.2. The summed E-state index contributed by atoms with van der Waals surface area (Å²) in [4.78, 5) is 16.5. The molecule has 2 fully saturated rings. The van der Waals surface area contributed by atoms with E-state index in [2.05, 4.69) is 11.2 Å². The van der Waals surface area contributed by atoms with Crippen LogP contribution in [-0.2, 0) is 4.79 Å². The van der Waals surface area contributed by atoms with Crippen LogP contribution in [0.4, 0.5) is 0 Å². The van der Waals surface area contributed by atoms with E-state index in [0.717, 1.165) is 57.1 Å². The molecule has 0 spiro atoms. The summed E-state index contributed by atoms with van der Waals surface area (Å²) in [6.07, 6.45) is 6.53. The summed E-state index contributed by atoms with van der Waals surface area (Å²) in [6, 6.07) is 0.341. The minimum absolute atomic E-state index is 0.310. The Kier molecular flexibility index (Phi) is 5.33. The molecule has 0 saturated carbocycles. The molecule has 1 amide bonds. The summed E-state index contributed by atoms with van der Waals surface area (Å²) in [5.41, 5.74) is 5.88. The maximum atomic E-state index is 12.2. The molecule has 2 aliphatic heterocycles. The van der Waals surface area contributed by atoms with Gasteiger partial charge in [-0.3, -0.25) is 9.69 Å². The van der Waals surface area contributed by atoms with Crippen LogP contribution in [-0.4, -0.2) is 66.0 Å². The fraction of sp³-hybridized carbons (Fsp3) is 0.923. The lowest BCUT2D eigenvalue weighted by Gasteiger charge is -2.34. The molecule has 0 aliphatic carbocycles. The van der Waals surface area contributed by atoms with Crippen molar-refractivity contribution in [3.05, 3.63) is 0 Å². The normalized spacial score (nSPS) is 24.4. The summed E-state index contributed by atoms with van der Waals surface area (Å²) in [7, 11) is 0. The highest BCUT2D eigenvalue weighted by Crippen LogP contribution is 2.21. The number of thioether (sulfide) groups is 1. The van der Waals surface area contributed by atoms with Gasteiger partial charge in [0.25, 0.3) is 0 Å². The van der Waals surface area contributed by atoms with Crippen molar-refractivity contribution >= 4 is 17.7 Å². The van der Waals surface area contributed by atoms with Crippen molar-refractivity contribution in [2.24, 2.45) is 5.73 Å². The van der Waals surface area contributed by atoms with Crippen LogP contribution < -0.4 is 5.73 Å². The van der Waals surface area contributed by atoms with E-state index in [9.17, 15) is 4.79 Å². The smallest absolute Gasteiger partial charge is 0.236 e. The largest absolute Gasteiger partial charge is 0.342 e. The van der Waals surface area contributed by atoms with Crippen LogP contribution in [0.3, 0.4) is 0 Å². The Balaban J connectivity index is 1.72. The Bertz CT molecular complexity index is 271. The van der Waals surface area contributed by atoms with Crippen molar-refractivity contribution in [1.29, 1.82) is 0 Å². The summed E-state index contributed by atoms with van der Waals surface area (Å²) in [5.74, 6) is 0.310. The standard InChI is InChI=1S/C13H25N3OS/c1-18-12-4-8-16(9-5-12)13(17)10-15-6-2-11(14)3-7-15/h11-12H,2-10,14H2,1H3. The van der Waals surface area contributed by atoms with E-state index in [1.807, 2.05) is 16.7 Å². The Morgan fingerprint density at radius 2 is 1.78 bits per heavy atom. The van der Waals surface area contributed by atoms with Gasteiger partial charge in [0.05, 0.1) is 6.54 Å². The van der Waals surface area contributed by atoms with Crippen LogP contribution in [0.15, 0.2) is 0 Å². The topological polar surface area (TPSA) is 49.6 Å². The highest BCUT2D eigenvalue weighted by molar-refractivity contribution is 7.99. The molecule has 2 N–H and O–H groups in total. The number of likely N-dealkylation sites (tertiary alicyclic amines) is 2. The van der Waals surface area contributed by atoms with E-state index in [0.29, 0.717) is 18.5 Å². The molecule has 18 heavy (non-hydrogen) atoms. The molecular weight excluding hydrogens is 246 g/mol. The lowest BCUT2D eigenvalue weighted by Crippen LogP contribution is -2.47. The van der Waals surface area contributed by atoms with E-state index < -0.39 is 0 Å². The zero-order chi connectivity index (χ0) is 13.0. The van der Waals surface area contributed by atoms with Crippen LogP contribution in [0.25, 0.3) is 0 Å². The highest BCUT2D eigenvalue weighted by atomic mass is 32.2. The van der Waals surface area contributed by atoms with Crippen LogP contribution in [0.2, 0.25) is 0 Å². The Hall–Kier alpha value is -0.260. The van der Waals surface area contributed by atoms with Crippen LogP contribution >= 0.6 is 11.8 Å². The molecule has 0 unspecified atom stereocenters. The van der Waals surface area contributed by atoms with Gasteiger partial charge in [0, 0.05) is 37.5 Å². The molecule has 0 aromatic heterocycles. The van der Waals surface area contributed by atoms with E-state index in [4.69, 9.17) is 5.73 Å². The average molecular weight is 271 g/mol. The molecule has 0 radical (unpaired) electrons. The zero-order valence-corrected chi connectivity index (χ0v) is 12.1. The SMILES string of the molecule is CSC1CCN(C(=O)CN2CCC(N)CC2)CC1. The Morgan fingerprint density at radius 1 is 1.17 bits per heavy atom. The number of carbonyl (C=O) groups is 1. The lowest BCUT2D eigenvalue weighted by molar-refractivity contribution is -0.133. The van der Waals surface area contributed by atoms with Crippen LogP contribution in [0.5, 0.6) is 0 Å². The molecule has 2 rings (SSSR count). The van der Waals surface area contributed by atoms with Gasteiger partial charge in [-0.2, -0.15) is 11.8 Å². The van der Waals surface area contributed by atoms with Crippen molar-refractivity contribution in [3.63, 3.8) is 0 Å². The molecule has 5 heteroatoms. The zero-order valence-electron chi connectivity index (χ0n) is 11.3. The van der Waals surface area contributed by atoms with Crippen molar-refractivity contribution in [2.45, 2.75) is 37.0 Å². The second-order valence-electron chi connectivity index (χ2n) is 5.43. The molecule has 4 nitrogen and oxygen atoms in total. The first-order valence-electron chi connectivity index (χ1n) is 6.97. The van der Waals surface area contributed by atoms with E-state index in [1.54, 1.807) is 0 Å². The second kappa shape index (κ2) is 6.78. The third-order valence-electron chi connectivity index (χ3n) is 4.12. The minimum Gasteiger partial charge on any atom is -0.342 e. The van der Waals surface area contributed by atoms with Gasteiger partial charge in [-0.25, -0.2) is 0 Å². The number of piperidine rings is 2. The summed E-state index contributed by atoms with van der Waals surface area (Å²) in [5, 5.41) is 0.752. The van der Waals surface area contributed by atoms with Gasteiger partial charge in [0.2, 0.25) is 5.91 Å². The Morgan fingerprint density at radius 3 is 2.33 bits per heavy atom. The van der Waals surface area contributed by atoms with Gasteiger partial charge in [-0.05, 0) is 31.9 Å². The molecule has 0 aromatic rings. The fourth-order valence-electron chi connectivity index (χ4n) is 2.74. The predicted molar refractivity (Wildman–Crippen MR) is 76.8 cm³/mol. The van der Waals surface area contributed by atoms with Gasteiger partial charge in [0.15, 0.2) is 0 Å². The molecule has 104 valence electrons.